The molecule has 2 N–H and O–H groups in total. The number of aromatic carboxylic acids is 1. The van der Waals surface area contributed by atoms with Gasteiger partial charge in [0.05, 0.1) is 6.20 Å². The van der Waals surface area contributed by atoms with Crippen molar-refractivity contribution in [2.24, 2.45) is 0 Å². The van der Waals surface area contributed by atoms with Crippen molar-refractivity contribution in [3.05, 3.63) is 47.9 Å². The first-order valence-corrected chi connectivity index (χ1v) is 6.23. The van der Waals surface area contributed by atoms with Gasteiger partial charge in [-0.25, -0.2) is 19.3 Å². The van der Waals surface area contributed by atoms with Crippen molar-refractivity contribution < 1.29 is 23.1 Å². The lowest BCUT2D eigenvalue weighted by Gasteiger charge is -2.09. The highest BCUT2D eigenvalue weighted by molar-refractivity contribution is 5.94. The van der Waals surface area contributed by atoms with Gasteiger partial charge in [0.15, 0.2) is 5.65 Å². The maximum atomic E-state index is 12.6. The van der Waals surface area contributed by atoms with Gasteiger partial charge in [0.1, 0.15) is 22.9 Å². The quantitative estimate of drug-likeness (QED) is 0.769. The molecule has 0 saturated carbocycles. The Morgan fingerprint density at radius 2 is 1.91 bits per heavy atom. The monoisotopic (exact) mass is 323 g/mol. The average Bonchev–Trinajstić information content (AvgIpc) is 2.90. The second-order valence-electron chi connectivity index (χ2n) is 4.48. The van der Waals surface area contributed by atoms with Crippen LogP contribution in [0.1, 0.15) is 16.1 Å². The van der Waals surface area contributed by atoms with Gasteiger partial charge in [-0.2, -0.15) is 18.3 Å². The van der Waals surface area contributed by atoms with E-state index in [0.29, 0.717) is 0 Å². The molecule has 7 nitrogen and oxygen atoms in total. The van der Waals surface area contributed by atoms with Crippen LogP contribution in [0.4, 0.5) is 24.8 Å². The molecule has 0 aliphatic heterocycles. The van der Waals surface area contributed by atoms with Crippen LogP contribution in [-0.4, -0.2) is 30.7 Å². The van der Waals surface area contributed by atoms with Crippen molar-refractivity contribution in [3.63, 3.8) is 0 Å². The van der Waals surface area contributed by atoms with Gasteiger partial charge in [-0.15, -0.1) is 0 Å². The number of halogens is 3. The minimum absolute atomic E-state index is 0.0620. The Balaban J connectivity index is 1.95. The number of pyridine rings is 1. The van der Waals surface area contributed by atoms with Crippen LogP contribution in [0.25, 0.3) is 5.65 Å². The minimum atomic E-state index is -4.56. The van der Waals surface area contributed by atoms with E-state index in [-0.39, 0.29) is 22.8 Å². The smallest absolute Gasteiger partial charge is 0.433 e. The van der Waals surface area contributed by atoms with Crippen LogP contribution in [0.3, 0.4) is 0 Å². The third-order valence-corrected chi connectivity index (χ3v) is 2.90. The standard InChI is InChI=1S/C13H8F3N5O2/c14-13(15,16)8-2-1-3-9(18-8)19-10-4-5-21-11(20-10)7(6-17-21)12(22)23/h1-6H,(H,22,23)(H,18,19,20). The lowest BCUT2D eigenvalue weighted by atomic mass is 10.3. The van der Waals surface area contributed by atoms with E-state index < -0.39 is 17.8 Å². The van der Waals surface area contributed by atoms with Crippen molar-refractivity contribution in [2.45, 2.75) is 6.18 Å². The maximum absolute atomic E-state index is 12.6. The normalized spacial score (nSPS) is 11.6. The highest BCUT2D eigenvalue weighted by atomic mass is 19.4. The summed E-state index contributed by atoms with van der Waals surface area (Å²) in [5.74, 6) is -1.12. The molecular formula is C13H8F3N5O2. The molecule has 0 spiro atoms. The van der Waals surface area contributed by atoms with E-state index in [2.05, 4.69) is 20.4 Å². The summed E-state index contributed by atoms with van der Waals surface area (Å²) in [4.78, 5) is 18.5. The Hall–Kier alpha value is -3.17. The zero-order valence-electron chi connectivity index (χ0n) is 11.2. The topological polar surface area (TPSA) is 92.4 Å². The maximum Gasteiger partial charge on any atom is 0.433 e. The molecule has 0 fully saturated rings. The van der Waals surface area contributed by atoms with Crippen LogP contribution >= 0.6 is 0 Å². The third kappa shape index (κ3) is 2.91. The van der Waals surface area contributed by atoms with Gasteiger partial charge in [-0.05, 0) is 18.2 Å². The number of rotatable bonds is 3. The van der Waals surface area contributed by atoms with Crippen LogP contribution in [0, 0.1) is 0 Å². The molecule has 0 unspecified atom stereocenters. The Bertz CT molecular complexity index is 891. The van der Waals surface area contributed by atoms with E-state index in [1.807, 2.05) is 0 Å². The fourth-order valence-electron chi connectivity index (χ4n) is 1.88. The molecule has 0 atom stereocenters. The molecule has 3 aromatic heterocycles. The number of carboxylic acid groups (broad SMARTS) is 1. The molecule has 0 saturated heterocycles. The van der Waals surface area contributed by atoms with Crippen molar-refractivity contribution in [1.82, 2.24) is 19.6 Å². The molecule has 0 aliphatic carbocycles. The van der Waals surface area contributed by atoms with Gasteiger partial charge in [-0.1, -0.05) is 6.07 Å². The van der Waals surface area contributed by atoms with Gasteiger partial charge in [0, 0.05) is 6.20 Å². The number of carboxylic acids is 1. The largest absolute Gasteiger partial charge is 0.477 e. The summed E-state index contributed by atoms with van der Waals surface area (Å²) in [7, 11) is 0. The second kappa shape index (κ2) is 5.23. The Morgan fingerprint density at radius 1 is 1.17 bits per heavy atom. The van der Waals surface area contributed by atoms with E-state index in [9.17, 15) is 18.0 Å². The van der Waals surface area contributed by atoms with Gasteiger partial charge >= 0.3 is 12.1 Å². The lowest BCUT2D eigenvalue weighted by molar-refractivity contribution is -0.141. The molecule has 23 heavy (non-hydrogen) atoms. The van der Waals surface area contributed by atoms with E-state index in [1.165, 1.54) is 28.9 Å². The number of hydrogen-bond acceptors (Lipinski definition) is 5. The van der Waals surface area contributed by atoms with Crippen LogP contribution in [-0.2, 0) is 6.18 Å². The molecule has 0 amide bonds. The van der Waals surface area contributed by atoms with Crippen LogP contribution < -0.4 is 5.32 Å². The summed E-state index contributed by atoms with van der Waals surface area (Å²) in [5.41, 5.74) is -1.10. The predicted octanol–water partition coefficient (Wildman–Crippen LogP) is 2.58. The number of fused-ring (bicyclic) bond motifs is 1. The first-order chi connectivity index (χ1) is 10.8. The van der Waals surface area contributed by atoms with Crippen molar-refractivity contribution in [3.8, 4) is 0 Å². The van der Waals surface area contributed by atoms with Crippen LogP contribution in [0.15, 0.2) is 36.7 Å². The molecule has 10 heteroatoms. The van der Waals surface area contributed by atoms with Gasteiger partial charge in [-0.3, -0.25) is 0 Å². The predicted molar refractivity (Wildman–Crippen MR) is 72.5 cm³/mol. The van der Waals surface area contributed by atoms with Gasteiger partial charge in [0.2, 0.25) is 0 Å². The Kier molecular flexibility index (Phi) is 3.36. The van der Waals surface area contributed by atoms with E-state index in [4.69, 9.17) is 5.11 Å². The van der Waals surface area contributed by atoms with E-state index in [0.717, 1.165) is 12.3 Å². The van der Waals surface area contributed by atoms with Crippen molar-refractivity contribution in [1.29, 1.82) is 0 Å². The minimum Gasteiger partial charge on any atom is -0.477 e. The number of nitrogens with zero attached hydrogens (tertiary/aromatic N) is 4. The molecule has 0 radical (unpaired) electrons. The van der Waals surface area contributed by atoms with Crippen LogP contribution in [0.5, 0.6) is 0 Å². The Labute approximate surface area is 126 Å². The highest BCUT2D eigenvalue weighted by Crippen LogP contribution is 2.28. The molecule has 118 valence electrons. The first-order valence-electron chi connectivity index (χ1n) is 6.23. The third-order valence-electron chi connectivity index (χ3n) is 2.90. The molecule has 0 aliphatic rings. The number of alkyl halides is 3. The van der Waals surface area contributed by atoms with E-state index in [1.54, 1.807) is 0 Å². The van der Waals surface area contributed by atoms with Crippen molar-refractivity contribution in [2.75, 3.05) is 5.32 Å². The first kappa shape index (κ1) is 14.8. The fraction of sp³-hybridized carbons (Fsp3) is 0.0769. The molecule has 3 heterocycles. The molecule has 3 aromatic rings. The molecular weight excluding hydrogens is 315 g/mol. The average molecular weight is 323 g/mol. The van der Waals surface area contributed by atoms with Crippen LogP contribution in [0.2, 0.25) is 0 Å². The molecule has 0 bridgehead atoms. The summed E-state index contributed by atoms with van der Waals surface area (Å²) >= 11 is 0. The van der Waals surface area contributed by atoms with Gasteiger partial charge < -0.3 is 10.4 Å². The second-order valence-corrected chi connectivity index (χ2v) is 4.48. The van der Waals surface area contributed by atoms with E-state index >= 15 is 0 Å². The summed E-state index contributed by atoms with van der Waals surface area (Å²) in [6.07, 6.45) is -1.99. The zero-order valence-corrected chi connectivity index (χ0v) is 11.2. The number of nitrogens with one attached hydrogen (secondary N) is 1. The Morgan fingerprint density at radius 3 is 2.61 bits per heavy atom. The van der Waals surface area contributed by atoms with Crippen molar-refractivity contribution >= 4 is 23.3 Å². The van der Waals surface area contributed by atoms with Gasteiger partial charge in [0.25, 0.3) is 0 Å². The fourth-order valence-corrected chi connectivity index (χ4v) is 1.88. The summed E-state index contributed by atoms with van der Waals surface area (Å²) in [5, 5.41) is 15.5. The highest BCUT2D eigenvalue weighted by Gasteiger charge is 2.32. The number of carbonyl (C=O) groups is 1. The number of hydrogen-bond donors (Lipinski definition) is 2. The summed E-state index contributed by atoms with van der Waals surface area (Å²) in [6.45, 7) is 0. The molecule has 3 rings (SSSR count). The number of aromatic nitrogens is 4. The molecule has 0 aromatic carbocycles. The lowest BCUT2D eigenvalue weighted by Crippen LogP contribution is -2.09. The summed E-state index contributed by atoms with van der Waals surface area (Å²) in [6, 6.07) is 4.84. The SMILES string of the molecule is O=C(O)c1cnn2ccc(Nc3cccc(C(F)(F)F)n3)nc12. The zero-order chi connectivity index (χ0) is 16.6. The number of anilines is 2. The summed E-state index contributed by atoms with van der Waals surface area (Å²) < 4.78 is 39.1.